The van der Waals surface area contributed by atoms with E-state index in [-0.39, 0.29) is 0 Å². The largest absolute Gasteiger partial charge is 0.409 e. The maximum atomic E-state index is 5.41. The van der Waals surface area contributed by atoms with Crippen LogP contribution in [0.4, 0.5) is 0 Å². The molecule has 1 aromatic rings. The Hall–Kier alpha value is -1.38. The maximum Gasteiger partial charge on any atom is 0.409 e. The number of hydrogen-bond acceptors (Lipinski definition) is 3. The number of aromatic nitrogens is 1. The third-order valence-corrected chi connectivity index (χ3v) is 1.70. The lowest BCUT2D eigenvalue weighted by Gasteiger charge is -1.95. The van der Waals surface area contributed by atoms with Crippen LogP contribution in [0.1, 0.15) is 12.8 Å². The lowest BCUT2D eigenvalue weighted by Crippen LogP contribution is -2.09. The lowest BCUT2D eigenvalue weighted by molar-refractivity contribution is 0.514. The second kappa shape index (κ2) is 3.34. The Bertz CT molecular complexity index is 282. The van der Waals surface area contributed by atoms with Crippen molar-refractivity contribution in [2.75, 3.05) is 6.54 Å². The third-order valence-electron chi connectivity index (χ3n) is 1.70. The fraction of sp³-hybridized carbons (Fsp3) is 0.333. The van der Waals surface area contributed by atoms with Crippen LogP contribution in [-0.4, -0.2) is 17.4 Å². The molecule has 0 fully saturated rings. The van der Waals surface area contributed by atoms with Crippen molar-refractivity contribution in [1.82, 2.24) is 9.98 Å². The first-order valence-electron chi connectivity index (χ1n) is 4.07. The molecule has 2 heterocycles. The second-order valence-electron chi connectivity index (χ2n) is 2.65. The van der Waals surface area contributed by atoms with E-state index in [1.165, 1.54) is 0 Å². The summed E-state index contributed by atoms with van der Waals surface area (Å²) >= 11 is 0. The minimum atomic E-state index is 0.637. The van der Waals surface area contributed by atoms with Gasteiger partial charge in [-0.3, -0.25) is 0 Å². The number of hydrogen-bond donors (Lipinski definition) is 0. The number of aliphatic imine (C=N–C) groups is 1. The Morgan fingerprint density at radius 1 is 1.42 bits per heavy atom. The van der Waals surface area contributed by atoms with E-state index in [2.05, 4.69) is 9.98 Å². The molecule has 1 radical (unpaired) electrons. The summed E-state index contributed by atoms with van der Waals surface area (Å²) in [6, 6.07) is 5.60. The summed E-state index contributed by atoms with van der Waals surface area (Å²) in [4.78, 5) is 8.22. The number of rotatable bonds is 1. The highest BCUT2D eigenvalue weighted by atomic mass is 16.5. The predicted molar refractivity (Wildman–Crippen MR) is 46.1 cm³/mol. The van der Waals surface area contributed by atoms with E-state index >= 15 is 0 Å². The molecule has 0 unspecified atom stereocenters. The fourth-order valence-corrected chi connectivity index (χ4v) is 1.12. The predicted octanol–water partition coefficient (Wildman–Crippen LogP) is 0.988. The maximum absolute atomic E-state index is 5.41. The van der Waals surface area contributed by atoms with Gasteiger partial charge < -0.3 is 4.74 Å². The van der Waals surface area contributed by atoms with Crippen LogP contribution in [0.25, 0.3) is 0 Å². The Balaban J connectivity index is 2.04. The van der Waals surface area contributed by atoms with Crippen LogP contribution in [0.2, 0.25) is 0 Å². The quantitative estimate of drug-likeness (QED) is 0.617. The van der Waals surface area contributed by atoms with E-state index in [0.29, 0.717) is 5.88 Å². The summed E-state index contributed by atoms with van der Waals surface area (Å²) < 4.78 is 5.41. The van der Waals surface area contributed by atoms with Gasteiger partial charge in [-0.15, -0.1) is 0 Å². The monoisotopic (exact) mass is 162 g/mol. The summed E-state index contributed by atoms with van der Waals surface area (Å²) in [6.45, 7) is 0.891. The van der Waals surface area contributed by atoms with E-state index in [9.17, 15) is 0 Å². The van der Waals surface area contributed by atoms with Crippen LogP contribution in [0.5, 0.6) is 5.88 Å². The molecule has 1 aromatic heterocycles. The molecular formula is C9H10N2O+. The van der Waals surface area contributed by atoms with E-state index in [0.717, 1.165) is 25.3 Å². The minimum absolute atomic E-state index is 0.637. The molecule has 61 valence electrons. The molecule has 0 amide bonds. The molecule has 0 bridgehead atoms. The summed E-state index contributed by atoms with van der Waals surface area (Å²) in [6.07, 6.45) is 3.75. The van der Waals surface area contributed by atoms with Crippen LogP contribution in [0, 0.1) is 0 Å². The van der Waals surface area contributed by atoms with Crippen LogP contribution >= 0.6 is 0 Å². The Kier molecular flexibility index (Phi) is 2.03. The molecule has 12 heavy (non-hydrogen) atoms. The van der Waals surface area contributed by atoms with Gasteiger partial charge in [0.1, 0.15) is 0 Å². The van der Waals surface area contributed by atoms with Crippen LogP contribution in [0.3, 0.4) is 0 Å². The van der Waals surface area contributed by atoms with Gasteiger partial charge in [0, 0.05) is 18.7 Å². The smallest absolute Gasteiger partial charge is 0.385 e. The summed E-state index contributed by atoms with van der Waals surface area (Å²) in [5.41, 5.74) is 0. The van der Waals surface area contributed by atoms with Gasteiger partial charge in [0.2, 0.25) is 12.4 Å². The average molecular weight is 162 g/mol. The highest BCUT2D eigenvalue weighted by Gasteiger charge is 2.21. The summed E-state index contributed by atoms with van der Waals surface area (Å²) in [5, 5.41) is 0. The Morgan fingerprint density at radius 2 is 2.42 bits per heavy atom. The van der Waals surface area contributed by atoms with Crippen LogP contribution in [-0.2, 0) is 0 Å². The fourth-order valence-electron chi connectivity index (χ4n) is 1.12. The SMILES string of the molecule is c1ccc(OC2=[N+]CCC2)nc1. The Morgan fingerprint density at radius 3 is 3.08 bits per heavy atom. The average Bonchev–Trinajstić information content (AvgIpc) is 2.59. The molecule has 3 nitrogen and oxygen atoms in total. The van der Waals surface area contributed by atoms with Crippen molar-refractivity contribution < 1.29 is 4.74 Å². The van der Waals surface area contributed by atoms with Gasteiger partial charge in [-0.1, -0.05) is 6.07 Å². The van der Waals surface area contributed by atoms with E-state index in [1.807, 2.05) is 18.2 Å². The molecule has 0 saturated heterocycles. The molecule has 0 saturated carbocycles. The van der Waals surface area contributed by atoms with Crippen molar-refractivity contribution in [3.05, 3.63) is 24.4 Å². The topological polar surface area (TPSA) is 36.2 Å². The van der Waals surface area contributed by atoms with Gasteiger partial charge in [-0.05, 0) is 6.07 Å². The standard InChI is InChI=1S/C9H10N2O/c1-2-6-10-8(4-1)12-9-5-3-7-11-9/h1-2,4,6H,3,5,7H2/q+1. The van der Waals surface area contributed by atoms with Crippen LogP contribution in [0.15, 0.2) is 24.4 Å². The van der Waals surface area contributed by atoms with Crippen molar-refractivity contribution in [1.29, 1.82) is 0 Å². The highest BCUT2D eigenvalue weighted by molar-refractivity contribution is 5.78. The molecule has 1 aliphatic heterocycles. The van der Waals surface area contributed by atoms with Crippen molar-refractivity contribution >= 4 is 5.90 Å². The van der Waals surface area contributed by atoms with Gasteiger partial charge in [-0.25, -0.2) is 4.98 Å². The van der Waals surface area contributed by atoms with Crippen molar-refractivity contribution in [2.45, 2.75) is 12.8 Å². The van der Waals surface area contributed by atoms with Crippen LogP contribution < -0.4 is 9.73 Å². The third kappa shape index (κ3) is 1.61. The lowest BCUT2D eigenvalue weighted by atomic mass is 10.4. The van der Waals surface area contributed by atoms with Gasteiger partial charge in [0.15, 0.2) is 0 Å². The normalized spacial score (nSPS) is 15.8. The molecule has 0 spiro atoms. The first-order chi connectivity index (χ1) is 5.95. The zero-order chi connectivity index (χ0) is 8.23. The van der Waals surface area contributed by atoms with Crippen molar-refractivity contribution in [2.24, 2.45) is 0 Å². The van der Waals surface area contributed by atoms with E-state index in [1.54, 1.807) is 6.20 Å². The molecule has 0 N–H and O–H groups in total. The zero-order valence-electron chi connectivity index (χ0n) is 6.73. The van der Waals surface area contributed by atoms with Crippen molar-refractivity contribution in [3.8, 4) is 5.88 Å². The zero-order valence-corrected chi connectivity index (χ0v) is 6.73. The van der Waals surface area contributed by atoms with Gasteiger partial charge in [0.05, 0.1) is 11.4 Å². The molecule has 0 atom stereocenters. The van der Waals surface area contributed by atoms with E-state index < -0.39 is 0 Å². The number of nitrogens with zero attached hydrogens (tertiary/aromatic N) is 2. The minimum Gasteiger partial charge on any atom is -0.385 e. The second-order valence-corrected chi connectivity index (χ2v) is 2.65. The van der Waals surface area contributed by atoms with Gasteiger partial charge in [-0.2, -0.15) is 0 Å². The molecule has 0 aliphatic carbocycles. The van der Waals surface area contributed by atoms with E-state index in [4.69, 9.17) is 4.74 Å². The van der Waals surface area contributed by atoms with Crippen molar-refractivity contribution in [3.63, 3.8) is 0 Å². The number of ether oxygens (including phenoxy) is 1. The number of pyridine rings is 1. The summed E-state index contributed by atoms with van der Waals surface area (Å²) in [7, 11) is 0. The molecule has 3 heteroatoms. The molecular weight excluding hydrogens is 152 g/mol. The van der Waals surface area contributed by atoms with Gasteiger partial charge >= 0.3 is 5.90 Å². The summed E-state index contributed by atoms with van der Waals surface area (Å²) in [5.74, 6) is 1.45. The molecule has 1 aliphatic rings. The Labute approximate surface area is 71.1 Å². The van der Waals surface area contributed by atoms with Gasteiger partial charge in [0.25, 0.3) is 0 Å². The molecule has 2 rings (SSSR count). The molecule has 0 aromatic carbocycles. The first-order valence-corrected chi connectivity index (χ1v) is 4.07. The first kappa shape index (κ1) is 7.28. The highest BCUT2D eigenvalue weighted by Crippen LogP contribution is 2.07.